The summed E-state index contributed by atoms with van der Waals surface area (Å²) in [7, 11) is 0. The summed E-state index contributed by atoms with van der Waals surface area (Å²) in [6.45, 7) is 0.879. The summed E-state index contributed by atoms with van der Waals surface area (Å²) in [5.74, 6) is -1.78. The number of aromatic nitrogens is 2. The Bertz CT molecular complexity index is 1290. The van der Waals surface area contributed by atoms with Gasteiger partial charge in [0.1, 0.15) is 5.65 Å². The van der Waals surface area contributed by atoms with E-state index in [2.05, 4.69) is 39.6 Å². The average Bonchev–Trinajstić information content (AvgIpc) is 3.30. The summed E-state index contributed by atoms with van der Waals surface area (Å²) in [5, 5.41) is 4.41. The van der Waals surface area contributed by atoms with E-state index in [4.69, 9.17) is 0 Å². The smallest absolute Gasteiger partial charge is 0.169 e. The molecule has 1 aliphatic carbocycles. The van der Waals surface area contributed by atoms with Crippen LogP contribution in [0.2, 0.25) is 0 Å². The molecule has 0 saturated heterocycles. The third kappa shape index (κ3) is 4.77. The molecule has 4 aromatic rings. The maximum Gasteiger partial charge on any atom is 0.169 e. The molecule has 0 amide bonds. The zero-order valence-corrected chi connectivity index (χ0v) is 18.9. The molecular formula is C28H27F2N3O. The Hall–Kier alpha value is -3.38. The van der Waals surface area contributed by atoms with Gasteiger partial charge in [0.15, 0.2) is 17.4 Å². The lowest BCUT2D eigenvalue weighted by Gasteiger charge is -2.29. The van der Waals surface area contributed by atoms with Crippen LogP contribution >= 0.6 is 0 Å². The zero-order valence-electron chi connectivity index (χ0n) is 18.9. The van der Waals surface area contributed by atoms with Crippen molar-refractivity contribution in [1.29, 1.82) is 0 Å². The van der Waals surface area contributed by atoms with Crippen molar-refractivity contribution in [2.75, 3.05) is 0 Å². The predicted octanol–water partition coefficient (Wildman–Crippen LogP) is 6.08. The second kappa shape index (κ2) is 9.85. The van der Waals surface area contributed by atoms with Crippen LogP contribution in [0.3, 0.4) is 0 Å². The SMILES string of the molecule is O=C(Cc1cccc(F)c1F)c1c[nH]c2ncc(C3CCC(NCc4ccccc4)CC3)cc12. The summed E-state index contributed by atoms with van der Waals surface area (Å²) in [6.07, 6.45) is 7.61. The molecule has 2 aromatic heterocycles. The highest BCUT2D eigenvalue weighted by molar-refractivity contribution is 6.08. The minimum atomic E-state index is -0.966. The number of aromatic amines is 1. The third-order valence-electron chi connectivity index (χ3n) is 6.87. The van der Waals surface area contributed by atoms with Crippen molar-refractivity contribution in [2.24, 2.45) is 0 Å². The number of hydrogen-bond acceptors (Lipinski definition) is 3. The number of carbonyl (C=O) groups excluding carboxylic acids is 1. The van der Waals surface area contributed by atoms with Crippen LogP contribution < -0.4 is 5.32 Å². The van der Waals surface area contributed by atoms with Gasteiger partial charge in [0.2, 0.25) is 0 Å². The largest absolute Gasteiger partial charge is 0.345 e. The molecule has 1 fully saturated rings. The zero-order chi connectivity index (χ0) is 23.5. The van der Waals surface area contributed by atoms with E-state index in [1.54, 1.807) is 6.20 Å². The fourth-order valence-electron chi connectivity index (χ4n) is 4.92. The van der Waals surface area contributed by atoms with E-state index in [1.807, 2.05) is 18.3 Å². The van der Waals surface area contributed by atoms with Gasteiger partial charge in [0, 0.05) is 42.4 Å². The van der Waals surface area contributed by atoms with Crippen LogP contribution in [0, 0.1) is 11.6 Å². The van der Waals surface area contributed by atoms with Crippen LogP contribution in [0.15, 0.2) is 67.0 Å². The van der Waals surface area contributed by atoms with E-state index in [1.165, 1.54) is 17.7 Å². The van der Waals surface area contributed by atoms with Gasteiger partial charge in [-0.2, -0.15) is 0 Å². The highest BCUT2D eigenvalue weighted by Gasteiger charge is 2.24. The van der Waals surface area contributed by atoms with Crippen LogP contribution in [-0.2, 0) is 13.0 Å². The molecule has 1 aliphatic rings. The van der Waals surface area contributed by atoms with Crippen molar-refractivity contribution >= 4 is 16.8 Å². The molecule has 4 nitrogen and oxygen atoms in total. The molecule has 1 saturated carbocycles. The molecule has 5 rings (SSSR count). The molecule has 0 aliphatic heterocycles. The first-order chi connectivity index (χ1) is 16.6. The highest BCUT2D eigenvalue weighted by atomic mass is 19.2. The van der Waals surface area contributed by atoms with Gasteiger partial charge in [-0.1, -0.05) is 42.5 Å². The topological polar surface area (TPSA) is 57.8 Å². The number of H-pyrrole nitrogens is 1. The number of Topliss-reactive ketones (excluding diaryl/α,β-unsaturated/α-hetero) is 1. The van der Waals surface area contributed by atoms with Gasteiger partial charge in [-0.05, 0) is 60.4 Å². The van der Waals surface area contributed by atoms with E-state index in [-0.39, 0.29) is 17.8 Å². The number of ketones is 1. The first kappa shape index (κ1) is 22.4. The van der Waals surface area contributed by atoms with E-state index in [0.717, 1.165) is 49.2 Å². The van der Waals surface area contributed by atoms with Crippen LogP contribution in [0.1, 0.15) is 58.6 Å². The normalized spacial score (nSPS) is 18.3. The Kier molecular flexibility index (Phi) is 6.50. The van der Waals surface area contributed by atoms with E-state index >= 15 is 0 Å². The summed E-state index contributed by atoms with van der Waals surface area (Å²) >= 11 is 0. The summed E-state index contributed by atoms with van der Waals surface area (Å²) < 4.78 is 27.6. The highest BCUT2D eigenvalue weighted by Crippen LogP contribution is 2.34. The number of carbonyl (C=O) groups is 1. The van der Waals surface area contributed by atoms with Gasteiger partial charge in [0.25, 0.3) is 0 Å². The number of fused-ring (bicyclic) bond motifs is 1. The molecule has 2 aromatic carbocycles. The number of hydrogen-bond donors (Lipinski definition) is 2. The van der Waals surface area contributed by atoms with Gasteiger partial charge < -0.3 is 10.3 Å². The monoisotopic (exact) mass is 459 g/mol. The Labute approximate surface area is 197 Å². The Morgan fingerprint density at radius 1 is 1.03 bits per heavy atom. The van der Waals surface area contributed by atoms with Crippen molar-refractivity contribution in [3.8, 4) is 0 Å². The van der Waals surface area contributed by atoms with Crippen molar-refractivity contribution in [3.05, 3.63) is 101 Å². The van der Waals surface area contributed by atoms with Crippen molar-refractivity contribution in [3.63, 3.8) is 0 Å². The summed E-state index contributed by atoms with van der Waals surface area (Å²) in [4.78, 5) is 20.5. The van der Waals surface area contributed by atoms with Crippen LogP contribution in [0.4, 0.5) is 8.78 Å². The van der Waals surface area contributed by atoms with E-state index in [0.29, 0.717) is 23.2 Å². The Morgan fingerprint density at radius 3 is 2.62 bits per heavy atom. The molecule has 0 radical (unpaired) electrons. The quantitative estimate of drug-likeness (QED) is 0.329. The lowest BCUT2D eigenvalue weighted by Crippen LogP contribution is -2.32. The van der Waals surface area contributed by atoms with Crippen molar-refractivity contribution in [2.45, 2.75) is 50.6 Å². The standard InChI is InChI=1S/C28H27F2N3O/c29-25-8-4-7-20(27(25)30)14-26(34)24-17-33-28-23(24)13-21(16-32-28)19-9-11-22(12-10-19)31-15-18-5-2-1-3-6-18/h1-8,13,16-17,19,22,31H,9-12,14-15H2,(H,32,33). The van der Waals surface area contributed by atoms with E-state index < -0.39 is 11.6 Å². The summed E-state index contributed by atoms with van der Waals surface area (Å²) in [6, 6.07) is 16.9. The molecule has 2 N–H and O–H groups in total. The molecule has 2 heterocycles. The summed E-state index contributed by atoms with van der Waals surface area (Å²) in [5.41, 5.74) is 3.57. The van der Waals surface area contributed by atoms with Crippen LogP contribution in [-0.4, -0.2) is 21.8 Å². The first-order valence-electron chi connectivity index (χ1n) is 11.8. The van der Waals surface area contributed by atoms with Crippen LogP contribution in [0.25, 0.3) is 11.0 Å². The Balaban J connectivity index is 1.26. The predicted molar refractivity (Wildman–Crippen MR) is 129 cm³/mol. The number of halogens is 2. The van der Waals surface area contributed by atoms with Gasteiger partial charge >= 0.3 is 0 Å². The fourth-order valence-corrected chi connectivity index (χ4v) is 4.92. The third-order valence-corrected chi connectivity index (χ3v) is 6.87. The minimum absolute atomic E-state index is 0.0600. The molecule has 174 valence electrons. The number of pyridine rings is 1. The molecule has 0 unspecified atom stereocenters. The van der Waals surface area contributed by atoms with Crippen molar-refractivity contribution < 1.29 is 13.6 Å². The maximum atomic E-state index is 14.1. The lowest BCUT2D eigenvalue weighted by molar-refractivity contribution is 0.0993. The van der Waals surface area contributed by atoms with Gasteiger partial charge in [0.05, 0.1) is 0 Å². The first-order valence-corrected chi connectivity index (χ1v) is 11.8. The second-order valence-electron chi connectivity index (χ2n) is 9.10. The molecule has 6 heteroatoms. The number of nitrogens with one attached hydrogen (secondary N) is 2. The van der Waals surface area contributed by atoms with E-state index in [9.17, 15) is 13.6 Å². The van der Waals surface area contributed by atoms with Gasteiger partial charge in [-0.15, -0.1) is 0 Å². The molecule has 0 atom stereocenters. The molecule has 0 spiro atoms. The van der Waals surface area contributed by atoms with Gasteiger partial charge in [-0.3, -0.25) is 4.79 Å². The van der Waals surface area contributed by atoms with Crippen LogP contribution in [0.5, 0.6) is 0 Å². The second-order valence-corrected chi connectivity index (χ2v) is 9.10. The Morgan fingerprint density at radius 2 is 1.82 bits per heavy atom. The molecular weight excluding hydrogens is 432 g/mol. The molecule has 34 heavy (non-hydrogen) atoms. The number of benzene rings is 2. The maximum absolute atomic E-state index is 14.1. The van der Waals surface area contributed by atoms with Crippen molar-refractivity contribution in [1.82, 2.24) is 15.3 Å². The number of nitrogens with zero attached hydrogens (tertiary/aromatic N) is 1. The average molecular weight is 460 g/mol. The number of rotatable bonds is 7. The molecule has 0 bridgehead atoms. The van der Waals surface area contributed by atoms with Gasteiger partial charge in [-0.25, -0.2) is 13.8 Å². The fraction of sp³-hybridized carbons (Fsp3) is 0.286. The minimum Gasteiger partial charge on any atom is -0.345 e. The lowest BCUT2D eigenvalue weighted by atomic mass is 9.82.